The molecule has 116 valence electrons. The molecule has 1 rings (SSSR count). The summed E-state index contributed by atoms with van der Waals surface area (Å²) in [6, 6.07) is 4.33. The van der Waals surface area contributed by atoms with Gasteiger partial charge in [-0.3, -0.25) is 10.1 Å². The Morgan fingerprint density at radius 3 is 2.43 bits per heavy atom. The minimum atomic E-state index is -0.842. The largest absolute Gasteiger partial charge is 0.493 e. The molecule has 3 amide bonds. The van der Waals surface area contributed by atoms with Crippen molar-refractivity contribution in [3.05, 3.63) is 23.8 Å². The standard InChI is InChI=1S/C14H21N3O4/c1-9(13(18)16-14(15)19)17(2)8-10-5-6-11(20-3)12(7-10)21-4/h5-7,9H,8H2,1-4H3,(H3,15,16,18,19)/p+1/t9-/m1/s1. The van der Waals surface area contributed by atoms with Gasteiger partial charge in [-0.25, -0.2) is 4.79 Å². The summed E-state index contributed by atoms with van der Waals surface area (Å²) in [7, 11) is 5.01. The summed E-state index contributed by atoms with van der Waals surface area (Å²) in [6.07, 6.45) is 0. The normalized spacial score (nSPS) is 13.1. The van der Waals surface area contributed by atoms with Gasteiger partial charge in [0.25, 0.3) is 5.91 Å². The van der Waals surface area contributed by atoms with E-state index in [2.05, 4.69) is 5.32 Å². The lowest BCUT2D eigenvalue weighted by molar-refractivity contribution is -0.908. The highest BCUT2D eigenvalue weighted by Crippen LogP contribution is 2.27. The molecule has 0 aliphatic rings. The number of primary amides is 1. The number of urea groups is 1. The molecule has 0 aliphatic heterocycles. The Morgan fingerprint density at radius 1 is 1.29 bits per heavy atom. The highest BCUT2D eigenvalue weighted by atomic mass is 16.5. The number of hydrogen-bond donors (Lipinski definition) is 3. The highest BCUT2D eigenvalue weighted by molar-refractivity contribution is 5.95. The zero-order valence-corrected chi connectivity index (χ0v) is 12.7. The fourth-order valence-corrected chi connectivity index (χ4v) is 1.92. The number of benzene rings is 1. The van der Waals surface area contributed by atoms with Crippen molar-refractivity contribution in [1.82, 2.24) is 5.32 Å². The van der Waals surface area contributed by atoms with Gasteiger partial charge in [0, 0.05) is 5.56 Å². The molecule has 0 bridgehead atoms. The Hall–Kier alpha value is -2.28. The van der Waals surface area contributed by atoms with Gasteiger partial charge in [-0.15, -0.1) is 0 Å². The van der Waals surface area contributed by atoms with Crippen molar-refractivity contribution < 1.29 is 24.0 Å². The quantitative estimate of drug-likeness (QED) is 0.647. The Labute approximate surface area is 124 Å². The number of rotatable bonds is 6. The first kappa shape index (κ1) is 16.8. The number of quaternary nitrogens is 1. The van der Waals surface area contributed by atoms with Crippen molar-refractivity contribution in [3.63, 3.8) is 0 Å². The fraction of sp³-hybridized carbons (Fsp3) is 0.429. The Balaban J connectivity index is 2.76. The second-order valence-corrected chi connectivity index (χ2v) is 4.79. The number of imide groups is 1. The minimum absolute atomic E-state index is 0.402. The molecular formula is C14H22N3O4+. The van der Waals surface area contributed by atoms with Crippen molar-refractivity contribution in [3.8, 4) is 11.5 Å². The molecule has 21 heavy (non-hydrogen) atoms. The summed E-state index contributed by atoms with van der Waals surface area (Å²) >= 11 is 0. The van der Waals surface area contributed by atoms with Gasteiger partial charge in [0.05, 0.1) is 21.3 Å². The van der Waals surface area contributed by atoms with Crippen LogP contribution in [0, 0.1) is 0 Å². The zero-order chi connectivity index (χ0) is 16.0. The molecule has 7 nitrogen and oxygen atoms in total. The van der Waals surface area contributed by atoms with Gasteiger partial charge in [0.2, 0.25) is 0 Å². The molecule has 0 fully saturated rings. The van der Waals surface area contributed by atoms with Crippen LogP contribution in [0.2, 0.25) is 0 Å². The molecule has 0 saturated carbocycles. The van der Waals surface area contributed by atoms with Gasteiger partial charge < -0.3 is 20.1 Å². The van der Waals surface area contributed by atoms with Gasteiger partial charge in [0.1, 0.15) is 6.54 Å². The lowest BCUT2D eigenvalue weighted by Gasteiger charge is -2.21. The van der Waals surface area contributed by atoms with Crippen LogP contribution in [0.1, 0.15) is 12.5 Å². The molecule has 0 heterocycles. The smallest absolute Gasteiger partial charge is 0.319 e. The first-order valence-electron chi connectivity index (χ1n) is 6.52. The van der Waals surface area contributed by atoms with E-state index < -0.39 is 18.0 Å². The lowest BCUT2D eigenvalue weighted by atomic mass is 10.1. The summed E-state index contributed by atoms with van der Waals surface area (Å²) in [4.78, 5) is 23.3. The van der Waals surface area contributed by atoms with Crippen LogP contribution >= 0.6 is 0 Å². The van der Waals surface area contributed by atoms with Crippen LogP contribution in [-0.2, 0) is 11.3 Å². The van der Waals surface area contributed by atoms with E-state index in [1.54, 1.807) is 21.1 Å². The number of nitrogens with two attached hydrogens (primary N) is 1. The van der Waals surface area contributed by atoms with Crippen molar-refractivity contribution in [2.45, 2.75) is 19.5 Å². The van der Waals surface area contributed by atoms with Crippen LogP contribution in [0.15, 0.2) is 18.2 Å². The number of carbonyl (C=O) groups is 2. The third-order valence-electron chi connectivity index (χ3n) is 3.31. The van der Waals surface area contributed by atoms with E-state index in [9.17, 15) is 9.59 Å². The van der Waals surface area contributed by atoms with Crippen LogP contribution < -0.4 is 25.4 Å². The Kier molecular flexibility index (Phi) is 5.98. The number of ether oxygens (including phenoxy) is 2. The summed E-state index contributed by atoms with van der Waals surface area (Å²) in [6.45, 7) is 2.32. The number of likely N-dealkylation sites (N-methyl/N-ethyl adjacent to an activating group) is 1. The summed E-state index contributed by atoms with van der Waals surface area (Å²) in [5.41, 5.74) is 5.93. The second kappa shape index (κ2) is 7.49. The van der Waals surface area contributed by atoms with Crippen molar-refractivity contribution in [2.24, 2.45) is 5.73 Å². The molecule has 4 N–H and O–H groups in total. The third kappa shape index (κ3) is 4.64. The first-order valence-corrected chi connectivity index (χ1v) is 6.52. The van der Waals surface area contributed by atoms with Gasteiger partial charge in [-0.05, 0) is 25.1 Å². The molecule has 1 aromatic carbocycles. The zero-order valence-electron chi connectivity index (χ0n) is 12.7. The van der Waals surface area contributed by atoms with E-state index in [-0.39, 0.29) is 0 Å². The maximum Gasteiger partial charge on any atom is 0.319 e. The van der Waals surface area contributed by atoms with Crippen LogP contribution in [0.4, 0.5) is 4.79 Å². The molecule has 1 unspecified atom stereocenters. The van der Waals surface area contributed by atoms with Gasteiger partial charge in [-0.2, -0.15) is 0 Å². The SMILES string of the molecule is COc1ccc(C[NH+](C)[C@H](C)C(=O)NC(N)=O)cc1OC. The van der Waals surface area contributed by atoms with Crippen LogP contribution in [0.25, 0.3) is 0 Å². The maximum atomic E-state index is 11.7. The van der Waals surface area contributed by atoms with E-state index in [0.717, 1.165) is 10.5 Å². The minimum Gasteiger partial charge on any atom is -0.493 e. The van der Waals surface area contributed by atoms with E-state index in [1.165, 1.54) is 0 Å². The second-order valence-electron chi connectivity index (χ2n) is 4.79. The average molecular weight is 296 g/mol. The monoisotopic (exact) mass is 296 g/mol. The lowest BCUT2D eigenvalue weighted by Crippen LogP contribution is -3.12. The molecule has 2 atom stereocenters. The third-order valence-corrected chi connectivity index (χ3v) is 3.31. The van der Waals surface area contributed by atoms with Crippen molar-refractivity contribution in [2.75, 3.05) is 21.3 Å². The predicted molar refractivity (Wildman–Crippen MR) is 77.3 cm³/mol. The number of methoxy groups -OCH3 is 2. The van der Waals surface area contributed by atoms with Crippen molar-refractivity contribution in [1.29, 1.82) is 0 Å². The fourth-order valence-electron chi connectivity index (χ4n) is 1.92. The molecule has 0 saturated heterocycles. The average Bonchev–Trinajstić information content (AvgIpc) is 2.45. The van der Waals surface area contributed by atoms with E-state index in [0.29, 0.717) is 18.0 Å². The molecule has 0 spiro atoms. The topological polar surface area (TPSA) is 95.1 Å². The first-order chi connectivity index (χ1) is 9.88. The summed E-state index contributed by atoms with van der Waals surface area (Å²) < 4.78 is 10.4. The summed E-state index contributed by atoms with van der Waals surface area (Å²) in [5, 5.41) is 2.08. The number of nitrogens with one attached hydrogen (secondary N) is 2. The van der Waals surface area contributed by atoms with Gasteiger partial charge in [0.15, 0.2) is 17.5 Å². The maximum absolute atomic E-state index is 11.7. The number of amides is 3. The highest BCUT2D eigenvalue weighted by Gasteiger charge is 2.23. The summed E-state index contributed by atoms with van der Waals surface area (Å²) in [5.74, 6) is 0.885. The molecule has 0 aromatic heterocycles. The van der Waals surface area contributed by atoms with Gasteiger partial charge >= 0.3 is 6.03 Å². The number of carbonyl (C=O) groups excluding carboxylic acids is 2. The van der Waals surface area contributed by atoms with E-state index >= 15 is 0 Å². The van der Waals surface area contributed by atoms with Crippen LogP contribution in [0.3, 0.4) is 0 Å². The molecule has 1 aromatic rings. The molecule has 0 aliphatic carbocycles. The number of hydrogen-bond acceptors (Lipinski definition) is 4. The molecule has 7 heteroatoms. The molecular weight excluding hydrogens is 274 g/mol. The van der Waals surface area contributed by atoms with Crippen LogP contribution in [0.5, 0.6) is 11.5 Å². The molecule has 0 radical (unpaired) electrons. The van der Waals surface area contributed by atoms with Crippen molar-refractivity contribution >= 4 is 11.9 Å². The Bertz CT molecular complexity index is 519. The van der Waals surface area contributed by atoms with Gasteiger partial charge in [-0.1, -0.05) is 0 Å². The van der Waals surface area contributed by atoms with E-state index in [1.807, 2.05) is 25.2 Å². The predicted octanol–water partition coefficient (Wildman–Crippen LogP) is -0.698. The van der Waals surface area contributed by atoms with E-state index in [4.69, 9.17) is 15.2 Å². The Morgan fingerprint density at radius 2 is 1.90 bits per heavy atom. The van der Waals surface area contributed by atoms with Crippen LogP contribution in [-0.4, -0.2) is 39.2 Å².